The molecule has 0 radical (unpaired) electrons. The Morgan fingerprint density at radius 2 is 1.90 bits per heavy atom. The van der Waals surface area contributed by atoms with E-state index in [-0.39, 0.29) is 18.2 Å². The topological polar surface area (TPSA) is 29.5 Å². The smallest absolute Gasteiger partial charge is 0.252 e. The summed E-state index contributed by atoms with van der Waals surface area (Å²) in [4.78, 5) is 14.2. The Labute approximate surface area is 121 Å². The molecule has 108 valence electrons. The summed E-state index contributed by atoms with van der Waals surface area (Å²) < 4.78 is 5.50. The zero-order valence-corrected chi connectivity index (χ0v) is 12.7. The molecule has 1 aromatic carbocycles. The zero-order valence-electron chi connectivity index (χ0n) is 12.7. The third kappa shape index (κ3) is 2.78. The molecular formula is C17H23NO2. The van der Waals surface area contributed by atoms with Crippen LogP contribution in [0.4, 0.5) is 0 Å². The highest BCUT2D eigenvalue weighted by Crippen LogP contribution is 2.29. The number of aryl methyl sites for hydroxylation is 1. The Balaban J connectivity index is 2.02. The van der Waals surface area contributed by atoms with E-state index in [0.29, 0.717) is 0 Å². The molecule has 1 heterocycles. The van der Waals surface area contributed by atoms with Crippen molar-refractivity contribution < 1.29 is 9.53 Å². The first kappa shape index (κ1) is 14.8. The van der Waals surface area contributed by atoms with Crippen molar-refractivity contribution in [2.75, 3.05) is 7.11 Å². The van der Waals surface area contributed by atoms with Gasteiger partial charge in [-0.25, -0.2) is 0 Å². The van der Waals surface area contributed by atoms with Crippen molar-refractivity contribution in [3.8, 4) is 0 Å². The zero-order chi connectivity index (χ0) is 14.7. The van der Waals surface area contributed by atoms with Crippen LogP contribution in [0.5, 0.6) is 0 Å². The van der Waals surface area contributed by atoms with Crippen molar-refractivity contribution in [2.45, 2.75) is 45.9 Å². The highest BCUT2D eigenvalue weighted by molar-refractivity contribution is 5.97. The van der Waals surface area contributed by atoms with Gasteiger partial charge in [-0.2, -0.15) is 0 Å². The van der Waals surface area contributed by atoms with Crippen LogP contribution in [0.2, 0.25) is 0 Å². The summed E-state index contributed by atoms with van der Waals surface area (Å²) in [6.45, 7) is 5.96. The van der Waals surface area contributed by atoms with Gasteiger partial charge in [0, 0.05) is 18.7 Å². The van der Waals surface area contributed by atoms with Crippen molar-refractivity contribution >= 4 is 5.91 Å². The SMILES string of the molecule is CO[C@H]1C(C)=C(C)C(=O)N1[C@H](C)CCc1ccccc1. The van der Waals surface area contributed by atoms with Crippen LogP contribution in [-0.2, 0) is 16.0 Å². The molecule has 3 heteroatoms. The number of nitrogens with zero attached hydrogens (tertiary/aromatic N) is 1. The van der Waals surface area contributed by atoms with Crippen LogP contribution in [0.15, 0.2) is 41.5 Å². The number of amides is 1. The van der Waals surface area contributed by atoms with Crippen molar-refractivity contribution in [3.05, 3.63) is 47.0 Å². The van der Waals surface area contributed by atoms with Crippen LogP contribution in [-0.4, -0.2) is 30.2 Å². The Bertz CT molecular complexity index is 507. The average molecular weight is 273 g/mol. The number of rotatable bonds is 5. The van der Waals surface area contributed by atoms with Crippen LogP contribution >= 0.6 is 0 Å². The molecule has 1 aliphatic rings. The van der Waals surface area contributed by atoms with Gasteiger partial charge in [-0.1, -0.05) is 30.3 Å². The molecule has 0 bridgehead atoms. The number of carbonyl (C=O) groups is 1. The Kier molecular flexibility index (Phi) is 4.61. The quantitative estimate of drug-likeness (QED) is 0.824. The summed E-state index contributed by atoms with van der Waals surface area (Å²) in [6.07, 6.45) is 1.71. The molecule has 1 aliphatic heterocycles. The summed E-state index contributed by atoms with van der Waals surface area (Å²) >= 11 is 0. The number of ether oxygens (including phenoxy) is 1. The molecule has 1 amide bonds. The maximum Gasteiger partial charge on any atom is 0.252 e. The summed E-state index contributed by atoms with van der Waals surface area (Å²) in [6, 6.07) is 10.5. The van der Waals surface area contributed by atoms with Gasteiger partial charge in [-0.15, -0.1) is 0 Å². The standard InChI is InChI=1S/C17H23NO2/c1-12(10-11-15-8-6-5-7-9-15)18-16(19)13(2)14(3)17(18)20-4/h5-9,12,17H,10-11H2,1-4H3/t12-,17+/m1/s1. The minimum Gasteiger partial charge on any atom is -0.358 e. The number of carbonyl (C=O) groups excluding carboxylic acids is 1. The van der Waals surface area contributed by atoms with E-state index >= 15 is 0 Å². The average Bonchev–Trinajstić information content (AvgIpc) is 2.69. The van der Waals surface area contributed by atoms with Crippen LogP contribution in [0.25, 0.3) is 0 Å². The van der Waals surface area contributed by atoms with E-state index in [4.69, 9.17) is 4.74 Å². The molecule has 20 heavy (non-hydrogen) atoms. The van der Waals surface area contributed by atoms with Gasteiger partial charge >= 0.3 is 0 Å². The fourth-order valence-corrected chi connectivity index (χ4v) is 2.74. The lowest BCUT2D eigenvalue weighted by Crippen LogP contribution is -2.43. The van der Waals surface area contributed by atoms with Gasteiger partial charge in [0.25, 0.3) is 5.91 Å². The summed E-state index contributed by atoms with van der Waals surface area (Å²) in [5.74, 6) is 0.106. The molecule has 2 atom stereocenters. The first-order valence-electron chi connectivity index (χ1n) is 7.13. The maximum absolute atomic E-state index is 12.3. The fourth-order valence-electron chi connectivity index (χ4n) is 2.74. The lowest BCUT2D eigenvalue weighted by Gasteiger charge is -2.31. The third-order valence-corrected chi connectivity index (χ3v) is 4.16. The lowest BCUT2D eigenvalue weighted by atomic mass is 10.1. The van der Waals surface area contributed by atoms with Crippen LogP contribution < -0.4 is 0 Å². The largest absolute Gasteiger partial charge is 0.358 e. The van der Waals surface area contributed by atoms with Gasteiger partial charge in [0.05, 0.1) is 0 Å². The molecule has 0 saturated carbocycles. The molecule has 0 aromatic heterocycles. The molecule has 0 unspecified atom stereocenters. The maximum atomic E-state index is 12.3. The van der Waals surface area contributed by atoms with Crippen LogP contribution in [0.1, 0.15) is 32.8 Å². The first-order valence-corrected chi connectivity index (χ1v) is 7.13. The fraction of sp³-hybridized carbons (Fsp3) is 0.471. The number of benzene rings is 1. The second kappa shape index (κ2) is 6.23. The highest BCUT2D eigenvalue weighted by Gasteiger charge is 2.37. The minimum atomic E-state index is -0.201. The predicted octanol–water partition coefficient (Wildman–Crippen LogP) is 3.16. The van der Waals surface area contributed by atoms with Crippen molar-refractivity contribution in [2.24, 2.45) is 0 Å². The van der Waals surface area contributed by atoms with Crippen LogP contribution in [0.3, 0.4) is 0 Å². The Morgan fingerprint density at radius 3 is 2.50 bits per heavy atom. The van der Waals surface area contributed by atoms with Gasteiger partial charge in [0.2, 0.25) is 0 Å². The molecule has 0 N–H and O–H groups in total. The second-order valence-electron chi connectivity index (χ2n) is 5.48. The third-order valence-electron chi connectivity index (χ3n) is 4.16. The normalized spacial score (nSPS) is 20.7. The van der Waals surface area contributed by atoms with E-state index in [1.54, 1.807) is 7.11 Å². The molecule has 1 aromatic rings. The lowest BCUT2D eigenvalue weighted by molar-refractivity contribution is -0.136. The summed E-state index contributed by atoms with van der Waals surface area (Å²) in [7, 11) is 1.66. The molecule has 0 fully saturated rings. The molecule has 0 aliphatic carbocycles. The molecule has 0 spiro atoms. The van der Waals surface area contributed by atoms with Gasteiger partial charge < -0.3 is 9.64 Å². The molecule has 2 rings (SSSR count). The Hall–Kier alpha value is -1.61. The van der Waals surface area contributed by atoms with E-state index in [1.165, 1.54) is 5.56 Å². The summed E-state index contributed by atoms with van der Waals surface area (Å²) in [5, 5.41) is 0. The number of hydrogen-bond acceptors (Lipinski definition) is 2. The monoisotopic (exact) mass is 273 g/mol. The number of hydrogen-bond donors (Lipinski definition) is 0. The van der Waals surface area contributed by atoms with E-state index in [2.05, 4.69) is 31.2 Å². The Morgan fingerprint density at radius 1 is 1.25 bits per heavy atom. The molecule has 3 nitrogen and oxygen atoms in total. The van der Waals surface area contributed by atoms with Gasteiger partial charge in [-0.05, 0) is 44.7 Å². The van der Waals surface area contributed by atoms with Gasteiger partial charge in [0.1, 0.15) is 0 Å². The highest BCUT2D eigenvalue weighted by atomic mass is 16.5. The van der Waals surface area contributed by atoms with E-state index < -0.39 is 0 Å². The molecule has 0 saturated heterocycles. The van der Waals surface area contributed by atoms with Crippen molar-refractivity contribution in [3.63, 3.8) is 0 Å². The molecular weight excluding hydrogens is 250 g/mol. The summed E-state index contributed by atoms with van der Waals surface area (Å²) in [5.41, 5.74) is 3.16. The van der Waals surface area contributed by atoms with Crippen molar-refractivity contribution in [1.29, 1.82) is 0 Å². The van der Waals surface area contributed by atoms with E-state index in [9.17, 15) is 4.79 Å². The minimum absolute atomic E-state index is 0.106. The van der Waals surface area contributed by atoms with E-state index in [1.807, 2.05) is 24.8 Å². The first-order chi connectivity index (χ1) is 9.56. The van der Waals surface area contributed by atoms with Crippen LogP contribution in [0, 0.1) is 0 Å². The van der Waals surface area contributed by atoms with Gasteiger partial charge in [-0.3, -0.25) is 4.79 Å². The van der Waals surface area contributed by atoms with Crippen molar-refractivity contribution in [1.82, 2.24) is 4.90 Å². The second-order valence-corrected chi connectivity index (χ2v) is 5.48. The van der Waals surface area contributed by atoms with Gasteiger partial charge in [0.15, 0.2) is 6.23 Å². The predicted molar refractivity (Wildman–Crippen MR) is 80.2 cm³/mol. The number of methoxy groups -OCH3 is 1. The van der Waals surface area contributed by atoms with E-state index in [0.717, 1.165) is 24.0 Å².